The highest BCUT2D eigenvalue weighted by molar-refractivity contribution is 5.21. The van der Waals surface area contributed by atoms with Gasteiger partial charge >= 0.3 is 0 Å². The molecule has 4 aliphatic rings. The molecule has 4 fully saturated rings. The van der Waals surface area contributed by atoms with Crippen molar-refractivity contribution in [3.63, 3.8) is 0 Å². The quantitative estimate of drug-likeness (QED) is 0.667. The predicted molar refractivity (Wildman–Crippen MR) is 130 cm³/mol. The molecule has 1 heterocycles. The lowest BCUT2D eigenvalue weighted by molar-refractivity contribution is -0.198. The molecule has 2 N–H and O–H groups in total. The van der Waals surface area contributed by atoms with Crippen molar-refractivity contribution >= 4 is 0 Å². The molecule has 0 saturated heterocycles. The fourth-order valence-corrected chi connectivity index (χ4v) is 9.76. The Hall–Kier alpha value is -1.42. The summed E-state index contributed by atoms with van der Waals surface area (Å²) in [5.41, 5.74) is 0.176. The van der Waals surface area contributed by atoms with Crippen molar-refractivity contribution in [2.24, 2.45) is 46.3 Å². The van der Waals surface area contributed by atoms with Crippen LogP contribution in [0.15, 0.2) is 12.4 Å². The average molecular weight is 470 g/mol. The molecule has 0 spiro atoms. The number of fused-ring (bicyclic) bond motifs is 5. The third kappa shape index (κ3) is 3.74. The number of ether oxygens (including phenoxy) is 1. The van der Waals surface area contributed by atoms with E-state index >= 15 is 0 Å². The Labute approximate surface area is 204 Å². The molecule has 6 heteroatoms. The SMILES string of the molecule is COC[C@@]1(O)CC[C@@]2(C)[C@H](CC[C@@H]3[C@@H]2[C@H](O)C[C@]2(C)[C@@H]([C@@H](C)Cn4cc(C#N)cn4)CC[C@@H]32)C1. The van der Waals surface area contributed by atoms with Gasteiger partial charge in [-0.1, -0.05) is 20.8 Å². The lowest BCUT2D eigenvalue weighted by Crippen LogP contribution is -2.61. The zero-order chi connectivity index (χ0) is 24.3. The van der Waals surface area contributed by atoms with E-state index in [4.69, 9.17) is 10.00 Å². The Morgan fingerprint density at radius 1 is 1.21 bits per heavy atom. The summed E-state index contributed by atoms with van der Waals surface area (Å²) in [6.45, 7) is 8.47. The molecule has 0 unspecified atom stereocenters. The van der Waals surface area contributed by atoms with Crippen LogP contribution in [-0.2, 0) is 11.3 Å². The van der Waals surface area contributed by atoms with E-state index in [1.165, 1.54) is 19.3 Å². The van der Waals surface area contributed by atoms with Crippen molar-refractivity contribution in [2.45, 2.75) is 90.4 Å². The molecule has 1 aromatic rings. The minimum atomic E-state index is -0.703. The standard InChI is InChI=1S/C28H43N3O3/c1-18(15-31-16-19(13-29)14-30-31)22-7-8-23-21-6-5-20-11-28(33,17-34-4)10-9-26(20,2)25(21)24(32)12-27(22,23)3/h14,16,18,20-25,32-33H,5-12,15,17H2,1-4H3/t18-,20+,21-,22+,23-,24+,25+,26-,27+,28+/m0/s1. The number of hydrogen-bond donors (Lipinski definition) is 2. The Kier molecular flexibility index (Phi) is 6.15. The van der Waals surface area contributed by atoms with Gasteiger partial charge in [0.1, 0.15) is 6.07 Å². The van der Waals surface area contributed by atoms with Crippen LogP contribution in [0.5, 0.6) is 0 Å². The van der Waals surface area contributed by atoms with Gasteiger partial charge in [0.05, 0.1) is 30.1 Å². The minimum Gasteiger partial charge on any atom is -0.393 e. The summed E-state index contributed by atoms with van der Waals surface area (Å²) in [5.74, 6) is 3.07. The zero-order valence-corrected chi connectivity index (χ0v) is 21.4. The van der Waals surface area contributed by atoms with Crippen LogP contribution in [0.3, 0.4) is 0 Å². The van der Waals surface area contributed by atoms with Crippen molar-refractivity contribution in [1.29, 1.82) is 5.26 Å². The second kappa shape index (κ2) is 8.61. The third-order valence-corrected chi connectivity index (χ3v) is 11.2. The molecule has 4 aliphatic carbocycles. The molecule has 1 aromatic heterocycles. The largest absolute Gasteiger partial charge is 0.393 e. The first-order valence-electron chi connectivity index (χ1n) is 13.5. The van der Waals surface area contributed by atoms with Gasteiger partial charge in [-0.15, -0.1) is 0 Å². The van der Waals surface area contributed by atoms with E-state index in [0.29, 0.717) is 47.7 Å². The van der Waals surface area contributed by atoms with Crippen LogP contribution < -0.4 is 0 Å². The van der Waals surface area contributed by atoms with Crippen molar-refractivity contribution in [3.8, 4) is 6.07 Å². The molecule has 6 nitrogen and oxygen atoms in total. The van der Waals surface area contributed by atoms with Crippen LogP contribution in [0.25, 0.3) is 0 Å². The van der Waals surface area contributed by atoms with E-state index < -0.39 is 5.60 Å². The van der Waals surface area contributed by atoms with Crippen molar-refractivity contribution < 1.29 is 14.9 Å². The van der Waals surface area contributed by atoms with E-state index in [2.05, 4.69) is 31.9 Å². The highest BCUT2D eigenvalue weighted by Gasteiger charge is 2.64. The number of methoxy groups -OCH3 is 1. The smallest absolute Gasteiger partial charge is 0.102 e. The van der Waals surface area contributed by atoms with Crippen LogP contribution in [0, 0.1) is 57.7 Å². The molecule has 0 aliphatic heterocycles. The van der Waals surface area contributed by atoms with E-state index in [-0.39, 0.29) is 16.9 Å². The van der Waals surface area contributed by atoms with Gasteiger partial charge in [0.25, 0.3) is 0 Å². The van der Waals surface area contributed by atoms with E-state index in [1.807, 2.05) is 10.9 Å². The van der Waals surface area contributed by atoms with Gasteiger partial charge < -0.3 is 14.9 Å². The average Bonchev–Trinajstić information content (AvgIpc) is 3.37. The second-order valence-electron chi connectivity index (χ2n) is 12.9. The van der Waals surface area contributed by atoms with Crippen molar-refractivity contribution in [2.75, 3.05) is 13.7 Å². The molecule has 5 rings (SSSR count). The first-order valence-corrected chi connectivity index (χ1v) is 13.5. The van der Waals surface area contributed by atoms with Crippen molar-refractivity contribution in [3.05, 3.63) is 18.0 Å². The van der Waals surface area contributed by atoms with Gasteiger partial charge in [0, 0.05) is 19.9 Å². The van der Waals surface area contributed by atoms with E-state index in [1.54, 1.807) is 13.3 Å². The van der Waals surface area contributed by atoms with Gasteiger partial charge in [0.2, 0.25) is 0 Å². The molecule has 10 atom stereocenters. The maximum Gasteiger partial charge on any atom is 0.102 e. The number of rotatable bonds is 5. The maximum atomic E-state index is 11.7. The van der Waals surface area contributed by atoms with Crippen LogP contribution >= 0.6 is 0 Å². The Morgan fingerprint density at radius 2 is 2.00 bits per heavy atom. The summed E-state index contributed by atoms with van der Waals surface area (Å²) in [6, 6.07) is 2.18. The lowest BCUT2D eigenvalue weighted by atomic mass is 9.43. The summed E-state index contributed by atoms with van der Waals surface area (Å²) in [7, 11) is 1.68. The summed E-state index contributed by atoms with van der Waals surface area (Å²) in [4.78, 5) is 0. The number of nitrogens with zero attached hydrogens (tertiary/aromatic N) is 3. The predicted octanol–water partition coefficient (Wildman–Crippen LogP) is 4.40. The Morgan fingerprint density at radius 3 is 2.71 bits per heavy atom. The van der Waals surface area contributed by atoms with Gasteiger partial charge in [-0.25, -0.2) is 0 Å². The molecule has 0 aromatic carbocycles. The molecular formula is C28H43N3O3. The maximum absolute atomic E-state index is 11.7. The van der Waals surface area contributed by atoms with Crippen LogP contribution in [0.2, 0.25) is 0 Å². The fraction of sp³-hybridized carbons (Fsp3) is 0.857. The Balaban J connectivity index is 1.35. The number of aromatic nitrogens is 2. The fourth-order valence-electron chi connectivity index (χ4n) is 9.76. The van der Waals surface area contributed by atoms with Crippen LogP contribution in [0.1, 0.15) is 77.7 Å². The van der Waals surface area contributed by atoms with Crippen LogP contribution in [0.4, 0.5) is 0 Å². The summed E-state index contributed by atoms with van der Waals surface area (Å²) >= 11 is 0. The second-order valence-corrected chi connectivity index (χ2v) is 12.9. The highest BCUT2D eigenvalue weighted by atomic mass is 16.5. The number of aliphatic hydroxyl groups is 2. The third-order valence-electron chi connectivity index (χ3n) is 11.2. The van der Waals surface area contributed by atoms with Crippen molar-refractivity contribution in [1.82, 2.24) is 9.78 Å². The first kappa shape index (κ1) is 24.3. The highest BCUT2D eigenvalue weighted by Crippen LogP contribution is 2.68. The monoisotopic (exact) mass is 469 g/mol. The molecule has 4 saturated carbocycles. The number of hydrogen-bond acceptors (Lipinski definition) is 5. The zero-order valence-electron chi connectivity index (χ0n) is 21.4. The molecule has 0 amide bonds. The summed E-state index contributed by atoms with van der Waals surface area (Å²) in [6.07, 6.45) is 11.5. The number of aliphatic hydroxyl groups excluding tert-OH is 1. The molecular weight excluding hydrogens is 426 g/mol. The summed E-state index contributed by atoms with van der Waals surface area (Å²) in [5, 5.41) is 36.4. The molecule has 0 bridgehead atoms. The first-order chi connectivity index (χ1) is 16.1. The summed E-state index contributed by atoms with van der Waals surface area (Å²) < 4.78 is 7.29. The molecule has 188 valence electrons. The normalized spacial score (nSPS) is 46.7. The van der Waals surface area contributed by atoms with Gasteiger partial charge in [-0.05, 0) is 97.7 Å². The minimum absolute atomic E-state index is 0.107. The lowest BCUT2D eigenvalue weighted by Gasteiger charge is -2.63. The number of nitriles is 1. The van der Waals surface area contributed by atoms with Gasteiger partial charge in [-0.2, -0.15) is 10.4 Å². The molecule has 34 heavy (non-hydrogen) atoms. The van der Waals surface area contributed by atoms with Gasteiger partial charge in [-0.3, -0.25) is 4.68 Å². The topological polar surface area (TPSA) is 91.3 Å². The van der Waals surface area contributed by atoms with E-state index in [9.17, 15) is 10.2 Å². The Bertz CT molecular complexity index is 942. The van der Waals surface area contributed by atoms with Crippen LogP contribution in [-0.4, -0.2) is 45.4 Å². The van der Waals surface area contributed by atoms with E-state index in [0.717, 1.165) is 38.6 Å². The molecule has 0 radical (unpaired) electrons. The van der Waals surface area contributed by atoms with Gasteiger partial charge in [0.15, 0.2) is 0 Å².